The van der Waals surface area contributed by atoms with E-state index < -0.39 is 0 Å². The quantitative estimate of drug-likeness (QED) is 0.699. The summed E-state index contributed by atoms with van der Waals surface area (Å²) in [4.78, 5) is 4.34. The molecule has 0 unspecified atom stereocenters. The average Bonchev–Trinajstić information content (AvgIpc) is 2.37. The first-order chi connectivity index (χ1) is 5.33. The molecule has 0 amide bonds. The van der Waals surface area contributed by atoms with Crippen LogP contribution in [0.4, 0.5) is 0 Å². The van der Waals surface area contributed by atoms with Gasteiger partial charge in [0, 0.05) is 11.9 Å². The van der Waals surface area contributed by atoms with Crippen molar-refractivity contribution < 1.29 is 0 Å². The summed E-state index contributed by atoms with van der Waals surface area (Å²) in [5, 5.41) is 6.57. The van der Waals surface area contributed by atoms with Crippen molar-refractivity contribution in [1.82, 2.24) is 10.3 Å². The van der Waals surface area contributed by atoms with Crippen molar-refractivity contribution in [2.24, 2.45) is 0 Å². The molecule has 0 saturated heterocycles. The van der Waals surface area contributed by atoms with Gasteiger partial charge in [0.2, 0.25) is 0 Å². The zero-order valence-corrected chi connectivity index (χ0v) is 7.87. The van der Waals surface area contributed by atoms with Crippen LogP contribution in [-0.4, -0.2) is 11.5 Å². The maximum absolute atomic E-state index is 4.34. The van der Waals surface area contributed by atoms with Gasteiger partial charge < -0.3 is 5.32 Å². The Kier molecular flexibility index (Phi) is 3.52. The van der Waals surface area contributed by atoms with Gasteiger partial charge in [-0.1, -0.05) is 6.92 Å². The van der Waals surface area contributed by atoms with Gasteiger partial charge in [-0.15, -0.1) is 11.3 Å². The molecule has 0 atom stereocenters. The van der Waals surface area contributed by atoms with Crippen LogP contribution in [0.2, 0.25) is 0 Å². The number of hydrogen-bond acceptors (Lipinski definition) is 3. The van der Waals surface area contributed by atoms with Gasteiger partial charge in [-0.25, -0.2) is 4.98 Å². The highest BCUT2D eigenvalue weighted by atomic mass is 32.1. The third kappa shape index (κ3) is 2.99. The van der Waals surface area contributed by atoms with Crippen LogP contribution in [0.3, 0.4) is 0 Å². The molecule has 0 spiro atoms. The lowest BCUT2D eigenvalue weighted by Gasteiger charge is -1.97. The minimum atomic E-state index is 0.915. The number of nitrogens with one attached hydrogen (secondary N) is 1. The van der Waals surface area contributed by atoms with Crippen molar-refractivity contribution in [2.45, 2.75) is 26.8 Å². The molecule has 3 heteroatoms. The predicted octanol–water partition coefficient (Wildman–Crippen LogP) is 1.95. The third-order valence-electron chi connectivity index (χ3n) is 1.40. The molecule has 0 bridgehead atoms. The van der Waals surface area contributed by atoms with E-state index in [1.807, 2.05) is 6.92 Å². The molecule has 0 aliphatic heterocycles. The Morgan fingerprint density at radius 2 is 2.45 bits per heavy atom. The van der Waals surface area contributed by atoms with Gasteiger partial charge in [-0.05, 0) is 19.9 Å². The molecule has 62 valence electrons. The second kappa shape index (κ2) is 4.46. The minimum absolute atomic E-state index is 0.915. The molecule has 1 N–H and O–H groups in total. The Bertz CT molecular complexity index is 208. The number of aryl methyl sites for hydroxylation is 1. The van der Waals surface area contributed by atoms with E-state index in [0.29, 0.717) is 0 Å². The van der Waals surface area contributed by atoms with Crippen molar-refractivity contribution in [3.8, 4) is 0 Å². The van der Waals surface area contributed by atoms with Crippen molar-refractivity contribution >= 4 is 11.3 Å². The molecular weight excluding hydrogens is 156 g/mol. The first kappa shape index (κ1) is 8.68. The summed E-state index contributed by atoms with van der Waals surface area (Å²) in [5.41, 5.74) is 1.17. The van der Waals surface area contributed by atoms with Crippen molar-refractivity contribution in [2.75, 3.05) is 6.54 Å². The maximum atomic E-state index is 4.34. The Labute approximate surface area is 71.7 Å². The SMILES string of the molecule is CCCNCc1csc(C)n1. The first-order valence-electron chi connectivity index (χ1n) is 3.94. The lowest BCUT2D eigenvalue weighted by atomic mass is 10.4. The van der Waals surface area contributed by atoms with Gasteiger partial charge in [0.25, 0.3) is 0 Å². The Hall–Kier alpha value is -0.410. The molecule has 0 saturated carbocycles. The normalized spacial score (nSPS) is 10.4. The van der Waals surface area contributed by atoms with E-state index in [9.17, 15) is 0 Å². The molecule has 0 aliphatic rings. The van der Waals surface area contributed by atoms with Gasteiger partial charge in [0.1, 0.15) is 0 Å². The number of rotatable bonds is 4. The smallest absolute Gasteiger partial charge is 0.0897 e. The van der Waals surface area contributed by atoms with E-state index in [4.69, 9.17) is 0 Å². The van der Waals surface area contributed by atoms with Crippen molar-refractivity contribution in [3.05, 3.63) is 16.1 Å². The molecule has 1 aromatic heterocycles. The van der Waals surface area contributed by atoms with Crippen LogP contribution < -0.4 is 5.32 Å². The molecule has 2 nitrogen and oxygen atoms in total. The monoisotopic (exact) mass is 170 g/mol. The molecular formula is C8H14N2S. The highest BCUT2D eigenvalue weighted by Crippen LogP contribution is 2.06. The Morgan fingerprint density at radius 3 is 3.00 bits per heavy atom. The summed E-state index contributed by atoms with van der Waals surface area (Å²) in [5.74, 6) is 0. The maximum Gasteiger partial charge on any atom is 0.0897 e. The number of aromatic nitrogens is 1. The Balaban J connectivity index is 2.27. The van der Waals surface area contributed by atoms with E-state index in [1.165, 1.54) is 12.1 Å². The van der Waals surface area contributed by atoms with Gasteiger partial charge in [-0.2, -0.15) is 0 Å². The zero-order chi connectivity index (χ0) is 8.10. The highest BCUT2D eigenvalue weighted by molar-refractivity contribution is 7.09. The topological polar surface area (TPSA) is 24.9 Å². The molecule has 0 aromatic carbocycles. The number of thiazole rings is 1. The fourth-order valence-electron chi connectivity index (χ4n) is 0.883. The summed E-state index contributed by atoms with van der Waals surface area (Å²) in [6.45, 7) is 6.20. The predicted molar refractivity (Wildman–Crippen MR) is 48.8 cm³/mol. The van der Waals surface area contributed by atoms with Crippen LogP contribution in [0.5, 0.6) is 0 Å². The second-order valence-electron chi connectivity index (χ2n) is 2.53. The zero-order valence-electron chi connectivity index (χ0n) is 7.05. The molecule has 1 rings (SSSR count). The van der Waals surface area contributed by atoms with Gasteiger partial charge in [0.05, 0.1) is 10.7 Å². The summed E-state index contributed by atoms with van der Waals surface area (Å²) < 4.78 is 0. The summed E-state index contributed by atoms with van der Waals surface area (Å²) in [6, 6.07) is 0. The summed E-state index contributed by atoms with van der Waals surface area (Å²) in [7, 11) is 0. The van der Waals surface area contributed by atoms with Crippen molar-refractivity contribution in [3.63, 3.8) is 0 Å². The fourth-order valence-corrected chi connectivity index (χ4v) is 1.50. The number of hydrogen-bond donors (Lipinski definition) is 1. The standard InChI is InChI=1S/C8H14N2S/c1-3-4-9-5-8-6-11-7(2)10-8/h6,9H,3-5H2,1-2H3. The molecule has 1 heterocycles. The molecule has 1 aromatic rings. The molecule has 0 fully saturated rings. The van der Waals surface area contributed by atoms with E-state index in [-0.39, 0.29) is 0 Å². The molecule has 11 heavy (non-hydrogen) atoms. The van der Waals surface area contributed by atoms with Gasteiger partial charge in [-0.3, -0.25) is 0 Å². The average molecular weight is 170 g/mol. The lowest BCUT2D eigenvalue weighted by Crippen LogP contribution is -2.13. The summed E-state index contributed by atoms with van der Waals surface area (Å²) in [6.07, 6.45) is 1.18. The lowest BCUT2D eigenvalue weighted by molar-refractivity contribution is 0.666. The van der Waals surface area contributed by atoms with E-state index in [0.717, 1.165) is 18.1 Å². The molecule has 0 aliphatic carbocycles. The Morgan fingerprint density at radius 1 is 1.64 bits per heavy atom. The number of nitrogens with zero attached hydrogens (tertiary/aromatic N) is 1. The van der Waals surface area contributed by atoms with Gasteiger partial charge in [0.15, 0.2) is 0 Å². The van der Waals surface area contributed by atoms with E-state index >= 15 is 0 Å². The second-order valence-corrected chi connectivity index (χ2v) is 3.60. The van der Waals surface area contributed by atoms with Crippen LogP contribution >= 0.6 is 11.3 Å². The summed E-state index contributed by atoms with van der Waals surface area (Å²) >= 11 is 1.71. The fraction of sp³-hybridized carbons (Fsp3) is 0.625. The van der Waals surface area contributed by atoms with Crippen LogP contribution in [-0.2, 0) is 6.54 Å². The van der Waals surface area contributed by atoms with Crippen molar-refractivity contribution in [1.29, 1.82) is 0 Å². The molecule has 0 radical (unpaired) electrons. The van der Waals surface area contributed by atoms with E-state index in [2.05, 4.69) is 22.6 Å². The third-order valence-corrected chi connectivity index (χ3v) is 2.22. The van der Waals surface area contributed by atoms with E-state index in [1.54, 1.807) is 11.3 Å². The van der Waals surface area contributed by atoms with Crippen LogP contribution in [0, 0.1) is 6.92 Å². The van der Waals surface area contributed by atoms with Crippen LogP contribution in [0.25, 0.3) is 0 Å². The minimum Gasteiger partial charge on any atom is -0.311 e. The van der Waals surface area contributed by atoms with Crippen LogP contribution in [0.15, 0.2) is 5.38 Å². The largest absolute Gasteiger partial charge is 0.311 e. The van der Waals surface area contributed by atoms with Gasteiger partial charge >= 0.3 is 0 Å². The highest BCUT2D eigenvalue weighted by Gasteiger charge is 1.95. The first-order valence-corrected chi connectivity index (χ1v) is 4.82. The van der Waals surface area contributed by atoms with Crippen LogP contribution in [0.1, 0.15) is 24.0 Å².